The summed E-state index contributed by atoms with van der Waals surface area (Å²) in [6.07, 6.45) is 9.07. The Hall–Kier alpha value is -3.01. The number of aliphatic imine (C=N–C) groups is 1. The van der Waals surface area contributed by atoms with Crippen LogP contribution < -0.4 is 10.2 Å². The lowest BCUT2D eigenvalue weighted by atomic mass is 10.00. The minimum absolute atomic E-state index is 0.0639. The zero-order chi connectivity index (χ0) is 23.1. The van der Waals surface area contributed by atoms with Gasteiger partial charge in [0.2, 0.25) is 5.95 Å². The highest BCUT2D eigenvalue weighted by atomic mass is 16.3. The second kappa shape index (κ2) is 8.74. The molecule has 4 heterocycles. The van der Waals surface area contributed by atoms with Gasteiger partial charge in [0, 0.05) is 56.3 Å². The maximum atomic E-state index is 12.8. The van der Waals surface area contributed by atoms with Gasteiger partial charge in [-0.05, 0) is 25.7 Å². The highest BCUT2D eigenvalue weighted by molar-refractivity contribution is 5.94. The number of rotatable bonds is 6. The molecule has 2 aromatic heterocycles. The number of hydrogen-bond donors (Lipinski definition) is 2. The van der Waals surface area contributed by atoms with E-state index in [2.05, 4.69) is 37.1 Å². The Kier molecular flexibility index (Phi) is 5.77. The topological polar surface area (TPSA) is 112 Å². The third-order valence-corrected chi connectivity index (χ3v) is 7.42. The van der Waals surface area contributed by atoms with Crippen LogP contribution in [0, 0.1) is 18.8 Å². The number of nitrogens with one attached hydrogen (secondary N) is 1. The van der Waals surface area contributed by atoms with Crippen LogP contribution in [0.15, 0.2) is 23.6 Å². The first kappa shape index (κ1) is 21.8. The lowest BCUT2D eigenvalue weighted by Gasteiger charge is -2.20. The van der Waals surface area contributed by atoms with Gasteiger partial charge in [0.1, 0.15) is 0 Å². The van der Waals surface area contributed by atoms with E-state index in [1.807, 2.05) is 26.5 Å². The molecule has 2 unspecified atom stereocenters. The Morgan fingerprint density at radius 3 is 2.88 bits per heavy atom. The molecule has 1 amide bonds. The minimum Gasteiger partial charge on any atom is -0.396 e. The van der Waals surface area contributed by atoms with E-state index in [1.54, 1.807) is 17.1 Å². The second-order valence-corrected chi connectivity index (χ2v) is 9.68. The molecule has 0 aromatic carbocycles. The fourth-order valence-electron chi connectivity index (χ4n) is 5.25. The summed E-state index contributed by atoms with van der Waals surface area (Å²) >= 11 is 0. The van der Waals surface area contributed by atoms with Crippen molar-refractivity contribution in [3.8, 4) is 0 Å². The first-order valence-corrected chi connectivity index (χ1v) is 11.7. The van der Waals surface area contributed by atoms with E-state index in [0.29, 0.717) is 30.0 Å². The number of likely N-dealkylation sites (N-methyl/N-ethyl adjacent to an activating group) is 1. The van der Waals surface area contributed by atoms with Crippen LogP contribution in [0.1, 0.15) is 41.4 Å². The molecule has 1 saturated heterocycles. The summed E-state index contributed by atoms with van der Waals surface area (Å²) in [7, 11) is 2.04. The Morgan fingerprint density at radius 1 is 1.27 bits per heavy atom. The van der Waals surface area contributed by atoms with Crippen LogP contribution in [-0.4, -0.2) is 86.9 Å². The first-order valence-electron chi connectivity index (χ1n) is 11.7. The molecule has 10 nitrogen and oxygen atoms in total. The predicted octanol–water partition coefficient (Wildman–Crippen LogP) is 0.698. The molecule has 2 aliphatic heterocycles. The third kappa shape index (κ3) is 4.19. The molecule has 0 bridgehead atoms. The van der Waals surface area contributed by atoms with Crippen LogP contribution >= 0.6 is 0 Å². The summed E-state index contributed by atoms with van der Waals surface area (Å²) in [5.41, 5.74) is 2.40. The number of carbonyl (C=O) groups is 1. The van der Waals surface area contributed by atoms with Crippen LogP contribution in [0.2, 0.25) is 0 Å². The highest BCUT2D eigenvalue weighted by Crippen LogP contribution is 2.30. The van der Waals surface area contributed by atoms with Crippen molar-refractivity contribution in [1.82, 2.24) is 30.0 Å². The molecule has 2 fully saturated rings. The van der Waals surface area contributed by atoms with Crippen LogP contribution in [0.25, 0.3) is 0 Å². The maximum absolute atomic E-state index is 12.8. The Morgan fingerprint density at radius 2 is 2.12 bits per heavy atom. The van der Waals surface area contributed by atoms with Crippen LogP contribution in [0.4, 0.5) is 5.95 Å². The third-order valence-electron chi connectivity index (χ3n) is 7.42. The smallest absolute Gasteiger partial charge is 0.254 e. The Labute approximate surface area is 193 Å². The zero-order valence-electron chi connectivity index (χ0n) is 19.4. The van der Waals surface area contributed by atoms with Crippen molar-refractivity contribution < 1.29 is 9.90 Å². The fourth-order valence-corrected chi connectivity index (χ4v) is 5.25. The van der Waals surface area contributed by atoms with Gasteiger partial charge in [-0.25, -0.2) is 9.97 Å². The van der Waals surface area contributed by atoms with Gasteiger partial charge in [0.15, 0.2) is 0 Å². The van der Waals surface area contributed by atoms with E-state index >= 15 is 0 Å². The highest BCUT2D eigenvalue weighted by Gasteiger charge is 2.41. The zero-order valence-corrected chi connectivity index (χ0v) is 19.4. The predicted molar refractivity (Wildman–Crippen MR) is 124 cm³/mol. The average Bonchev–Trinajstić information content (AvgIpc) is 3.57. The minimum atomic E-state index is -0.110. The molecule has 176 valence electrons. The number of aliphatic hydroxyl groups is 1. The summed E-state index contributed by atoms with van der Waals surface area (Å²) in [5, 5.41) is 17.0. The van der Waals surface area contributed by atoms with E-state index in [0.717, 1.165) is 37.2 Å². The molecule has 10 heteroatoms. The standard InChI is InChI=1S/C23H32N8O2/c1-14-8-30(9-18(14)12-32)23-24-6-16(15(2)27-23)10-31-11-17(7-26-31)22(33)28-19-4-5-20-21(19)25-13-29(20)3/h6-7,11,13-14,18-21,32H,4-5,8-10,12H2,1-3H3,(H,28,33)/t14-,18-,19-,20?,21?/m1/s1. The SMILES string of the molecule is Cc1nc(N2C[C@H](CO)[C@H](C)C2)ncc1Cn1cc(C(=O)N[C@@H]2CCC3C2N=CN3C)cn1. The molecule has 1 saturated carbocycles. The summed E-state index contributed by atoms with van der Waals surface area (Å²) < 4.78 is 1.75. The number of carbonyl (C=O) groups excluding carboxylic acids is 1. The van der Waals surface area contributed by atoms with E-state index in [1.165, 1.54) is 0 Å². The van der Waals surface area contributed by atoms with Crippen molar-refractivity contribution in [2.45, 2.75) is 51.4 Å². The van der Waals surface area contributed by atoms with Gasteiger partial charge in [-0.3, -0.25) is 14.5 Å². The quantitative estimate of drug-likeness (QED) is 0.663. The van der Waals surface area contributed by atoms with Gasteiger partial charge in [0.25, 0.3) is 5.91 Å². The van der Waals surface area contributed by atoms with Gasteiger partial charge in [-0.2, -0.15) is 5.10 Å². The first-order chi connectivity index (χ1) is 15.9. The molecule has 2 aromatic rings. The molecule has 5 rings (SSSR count). The van der Waals surface area contributed by atoms with Crippen molar-refractivity contribution in [1.29, 1.82) is 0 Å². The molecule has 1 aliphatic carbocycles. The molecule has 0 radical (unpaired) electrons. The van der Waals surface area contributed by atoms with E-state index in [-0.39, 0.29) is 30.5 Å². The molecule has 0 spiro atoms. The molecule has 3 aliphatic rings. The van der Waals surface area contributed by atoms with Crippen molar-refractivity contribution in [3.63, 3.8) is 0 Å². The molecular formula is C23H32N8O2. The lowest BCUT2D eigenvalue weighted by Crippen LogP contribution is -2.42. The number of amides is 1. The number of aliphatic hydroxyl groups excluding tert-OH is 1. The van der Waals surface area contributed by atoms with Crippen molar-refractivity contribution in [2.75, 3.05) is 31.6 Å². The van der Waals surface area contributed by atoms with Gasteiger partial charge in [-0.15, -0.1) is 0 Å². The van der Waals surface area contributed by atoms with Gasteiger partial charge in [-0.1, -0.05) is 6.92 Å². The fraction of sp³-hybridized carbons (Fsp3) is 0.609. The summed E-state index contributed by atoms with van der Waals surface area (Å²) in [4.78, 5) is 30.9. The van der Waals surface area contributed by atoms with E-state index in [9.17, 15) is 9.90 Å². The largest absolute Gasteiger partial charge is 0.396 e. The summed E-state index contributed by atoms with van der Waals surface area (Å²) in [6.45, 7) is 6.44. The second-order valence-electron chi connectivity index (χ2n) is 9.68. The number of aromatic nitrogens is 4. The van der Waals surface area contributed by atoms with Crippen molar-refractivity contribution in [2.24, 2.45) is 16.8 Å². The molecule has 2 N–H and O–H groups in total. The Bertz CT molecular complexity index is 1050. The van der Waals surface area contributed by atoms with E-state index < -0.39 is 0 Å². The van der Waals surface area contributed by atoms with Gasteiger partial charge >= 0.3 is 0 Å². The Balaban J connectivity index is 1.21. The molecule has 33 heavy (non-hydrogen) atoms. The molecular weight excluding hydrogens is 420 g/mol. The van der Waals surface area contributed by atoms with Gasteiger partial charge in [0.05, 0.1) is 42.8 Å². The maximum Gasteiger partial charge on any atom is 0.254 e. The van der Waals surface area contributed by atoms with Crippen molar-refractivity contribution in [3.05, 3.63) is 35.4 Å². The van der Waals surface area contributed by atoms with Crippen LogP contribution in [0.3, 0.4) is 0 Å². The number of nitrogens with zero attached hydrogens (tertiary/aromatic N) is 7. The lowest BCUT2D eigenvalue weighted by molar-refractivity contribution is 0.0934. The summed E-state index contributed by atoms with van der Waals surface area (Å²) in [5.74, 6) is 1.28. The summed E-state index contributed by atoms with van der Waals surface area (Å²) in [6, 6.07) is 0.592. The number of aryl methyl sites for hydroxylation is 1. The van der Waals surface area contributed by atoms with Crippen molar-refractivity contribution >= 4 is 18.2 Å². The van der Waals surface area contributed by atoms with Crippen LogP contribution in [0.5, 0.6) is 0 Å². The van der Waals surface area contributed by atoms with E-state index in [4.69, 9.17) is 4.98 Å². The number of hydrogen-bond acceptors (Lipinski definition) is 8. The normalized spacial score (nSPS) is 28.5. The van der Waals surface area contributed by atoms with Gasteiger partial charge < -0.3 is 20.2 Å². The molecule has 5 atom stereocenters. The van der Waals surface area contributed by atoms with Crippen LogP contribution in [-0.2, 0) is 6.54 Å². The number of anilines is 1. The number of fused-ring (bicyclic) bond motifs is 1. The monoisotopic (exact) mass is 452 g/mol. The average molecular weight is 453 g/mol.